The first kappa shape index (κ1) is 15.7. The minimum atomic E-state index is -0.928. The molecule has 1 aliphatic rings. The number of rotatable bonds is 6. The number of aryl methyl sites for hydroxylation is 1. The highest BCUT2D eigenvalue weighted by atomic mass is 32.1. The SMILES string of the molecule is Cc1ccsc1C1CC1C(=O)NCCc1cccc(C(=O)O)c1. The van der Waals surface area contributed by atoms with Gasteiger partial charge in [-0.15, -0.1) is 11.3 Å². The molecule has 1 heterocycles. The molecule has 2 unspecified atom stereocenters. The molecule has 0 aliphatic heterocycles. The third-order valence-electron chi connectivity index (χ3n) is 4.25. The van der Waals surface area contributed by atoms with E-state index in [1.54, 1.807) is 29.5 Å². The Morgan fingerprint density at radius 1 is 1.35 bits per heavy atom. The van der Waals surface area contributed by atoms with Crippen molar-refractivity contribution in [2.24, 2.45) is 5.92 Å². The maximum Gasteiger partial charge on any atom is 0.335 e. The van der Waals surface area contributed by atoms with E-state index in [9.17, 15) is 9.59 Å². The summed E-state index contributed by atoms with van der Waals surface area (Å²) < 4.78 is 0. The second kappa shape index (κ2) is 6.54. The van der Waals surface area contributed by atoms with E-state index in [4.69, 9.17) is 5.11 Å². The van der Waals surface area contributed by atoms with E-state index in [1.807, 2.05) is 6.07 Å². The van der Waals surface area contributed by atoms with E-state index >= 15 is 0 Å². The number of nitrogens with one attached hydrogen (secondary N) is 1. The predicted molar refractivity (Wildman–Crippen MR) is 90.0 cm³/mol. The molecular formula is C18H19NO3S. The highest BCUT2D eigenvalue weighted by molar-refractivity contribution is 7.10. The van der Waals surface area contributed by atoms with Crippen molar-refractivity contribution >= 4 is 23.2 Å². The lowest BCUT2D eigenvalue weighted by molar-refractivity contribution is -0.122. The fourth-order valence-electron chi connectivity index (χ4n) is 2.86. The van der Waals surface area contributed by atoms with Gasteiger partial charge >= 0.3 is 5.97 Å². The van der Waals surface area contributed by atoms with Gasteiger partial charge in [0.2, 0.25) is 5.91 Å². The molecule has 5 heteroatoms. The van der Waals surface area contributed by atoms with Gasteiger partial charge in [-0.3, -0.25) is 4.79 Å². The maximum atomic E-state index is 12.2. The van der Waals surface area contributed by atoms with Gasteiger partial charge < -0.3 is 10.4 Å². The van der Waals surface area contributed by atoms with Crippen LogP contribution < -0.4 is 5.32 Å². The topological polar surface area (TPSA) is 66.4 Å². The summed E-state index contributed by atoms with van der Waals surface area (Å²) in [6.07, 6.45) is 1.57. The normalized spacial score (nSPS) is 19.3. The molecule has 0 saturated heterocycles. The van der Waals surface area contributed by atoms with Crippen LogP contribution in [0.4, 0.5) is 0 Å². The van der Waals surface area contributed by atoms with Gasteiger partial charge in [0.1, 0.15) is 0 Å². The van der Waals surface area contributed by atoms with Gasteiger partial charge in [0, 0.05) is 23.3 Å². The van der Waals surface area contributed by atoms with Crippen LogP contribution >= 0.6 is 11.3 Å². The van der Waals surface area contributed by atoms with Crippen molar-refractivity contribution in [2.75, 3.05) is 6.54 Å². The Hall–Kier alpha value is -2.14. The van der Waals surface area contributed by atoms with Crippen LogP contribution in [0.15, 0.2) is 35.7 Å². The molecule has 1 aromatic heterocycles. The summed E-state index contributed by atoms with van der Waals surface area (Å²) in [5.41, 5.74) is 2.48. The molecule has 1 aromatic carbocycles. The molecule has 4 nitrogen and oxygen atoms in total. The van der Waals surface area contributed by atoms with E-state index in [1.165, 1.54) is 10.4 Å². The summed E-state index contributed by atoms with van der Waals surface area (Å²) in [6, 6.07) is 8.94. The smallest absolute Gasteiger partial charge is 0.335 e. The van der Waals surface area contributed by atoms with Gasteiger partial charge in [0.15, 0.2) is 0 Å². The van der Waals surface area contributed by atoms with Gasteiger partial charge in [-0.05, 0) is 54.5 Å². The van der Waals surface area contributed by atoms with Gasteiger partial charge in [-0.2, -0.15) is 0 Å². The Labute approximate surface area is 139 Å². The highest BCUT2D eigenvalue weighted by Gasteiger charge is 2.45. The van der Waals surface area contributed by atoms with Crippen molar-refractivity contribution in [3.05, 3.63) is 57.3 Å². The van der Waals surface area contributed by atoms with Crippen LogP contribution in [0.3, 0.4) is 0 Å². The molecule has 0 bridgehead atoms. The van der Waals surface area contributed by atoms with Crippen molar-refractivity contribution in [3.8, 4) is 0 Å². The van der Waals surface area contributed by atoms with Gasteiger partial charge in [-0.25, -0.2) is 4.79 Å². The van der Waals surface area contributed by atoms with Crippen LogP contribution in [0.5, 0.6) is 0 Å². The first-order valence-corrected chi connectivity index (χ1v) is 8.58. The molecule has 2 aromatic rings. The number of carboxylic acids is 1. The van der Waals surface area contributed by atoms with Crippen molar-refractivity contribution in [3.63, 3.8) is 0 Å². The number of hydrogen-bond donors (Lipinski definition) is 2. The van der Waals surface area contributed by atoms with Crippen LogP contribution in [-0.2, 0) is 11.2 Å². The van der Waals surface area contributed by atoms with E-state index in [0.29, 0.717) is 18.9 Å². The van der Waals surface area contributed by atoms with Crippen LogP contribution in [0.1, 0.15) is 38.7 Å². The molecule has 1 saturated carbocycles. The molecule has 2 N–H and O–H groups in total. The molecule has 0 spiro atoms. The zero-order valence-corrected chi connectivity index (χ0v) is 13.7. The Kier molecular flexibility index (Phi) is 4.48. The fraction of sp³-hybridized carbons (Fsp3) is 0.333. The molecule has 1 fully saturated rings. The monoisotopic (exact) mass is 329 g/mol. The molecular weight excluding hydrogens is 310 g/mol. The molecule has 3 rings (SSSR count). The minimum Gasteiger partial charge on any atom is -0.478 e. The quantitative estimate of drug-likeness (QED) is 0.855. The van der Waals surface area contributed by atoms with Crippen LogP contribution in [0.25, 0.3) is 0 Å². The van der Waals surface area contributed by atoms with Crippen LogP contribution in [0, 0.1) is 12.8 Å². The largest absolute Gasteiger partial charge is 0.478 e. The van der Waals surface area contributed by atoms with E-state index in [-0.39, 0.29) is 17.4 Å². The minimum absolute atomic E-state index is 0.0951. The Balaban J connectivity index is 1.48. The summed E-state index contributed by atoms with van der Waals surface area (Å²) in [5.74, 6) is -0.344. The molecule has 120 valence electrons. The number of amides is 1. The molecule has 2 atom stereocenters. The van der Waals surface area contributed by atoms with Crippen molar-refractivity contribution in [2.45, 2.75) is 25.7 Å². The average molecular weight is 329 g/mol. The summed E-state index contributed by atoms with van der Waals surface area (Å²) >= 11 is 1.73. The Morgan fingerprint density at radius 3 is 2.87 bits per heavy atom. The lowest BCUT2D eigenvalue weighted by Crippen LogP contribution is -2.27. The lowest BCUT2D eigenvalue weighted by Gasteiger charge is -2.06. The zero-order chi connectivity index (χ0) is 16.4. The average Bonchev–Trinajstić information content (AvgIpc) is 3.22. The molecule has 0 radical (unpaired) electrons. The number of benzene rings is 1. The number of aromatic carboxylic acids is 1. The summed E-state index contributed by atoms with van der Waals surface area (Å²) in [7, 11) is 0. The summed E-state index contributed by atoms with van der Waals surface area (Å²) in [5, 5.41) is 14.0. The third-order valence-corrected chi connectivity index (χ3v) is 5.40. The number of carbonyl (C=O) groups is 2. The first-order chi connectivity index (χ1) is 11.1. The summed E-state index contributed by atoms with van der Waals surface area (Å²) in [4.78, 5) is 24.5. The van der Waals surface area contributed by atoms with E-state index in [2.05, 4.69) is 23.7 Å². The fourth-order valence-corrected chi connectivity index (χ4v) is 3.97. The van der Waals surface area contributed by atoms with Crippen LogP contribution in [0.2, 0.25) is 0 Å². The zero-order valence-electron chi connectivity index (χ0n) is 12.9. The highest BCUT2D eigenvalue weighted by Crippen LogP contribution is 2.50. The summed E-state index contributed by atoms with van der Waals surface area (Å²) in [6.45, 7) is 2.63. The molecule has 1 aliphatic carbocycles. The van der Waals surface area contributed by atoms with E-state index in [0.717, 1.165) is 12.0 Å². The number of thiophene rings is 1. The van der Waals surface area contributed by atoms with Crippen LogP contribution in [-0.4, -0.2) is 23.5 Å². The molecule has 23 heavy (non-hydrogen) atoms. The van der Waals surface area contributed by atoms with Crippen molar-refractivity contribution < 1.29 is 14.7 Å². The van der Waals surface area contributed by atoms with Crippen molar-refractivity contribution in [1.82, 2.24) is 5.32 Å². The van der Waals surface area contributed by atoms with Gasteiger partial charge in [0.25, 0.3) is 0 Å². The second-order valence-electron chi connectivity index (χ2n) is 5.96. The Morgan fingerprint density at radius 2 is 2.17 bits per heavy atom. The second-order valence-corrected chi connectivity index (χ2v) is 6.91. The number of carboxylic acid groups (broad SMARTS) is 1. The van der Waals surface area contributed by atoms with Crippen molar-refractivity contribution in [1.29, 1.82) is 0 Å². The predicted octanol–water partition coefficient (Wildman–Crippen LogP) is 3.22. The number of hydrogen-bond acceptors (Lipinski definition) is 3. The Bertz CT molecular complexity index is 737. The molecule has 1 amide bonds. The van der Waals surface area contributed by atoms with Gasteiger partial charge in [0.05, 0.1) is 5.56 Å². The maximum absolute atomic E-state index is 12.2. The lowest BCUT2D eigenvalue weighted by atomic mass is 10.1. The van der Waals surface area contributed by atoms with E-state index < -0.39 is 5.97 Å². The number of carbonyl (C=O) groups excluding carboxylic acids is 1. The standard InChI is InChI=1S/C18H19NO3S/c1-11-6-8-23-16(11)14-10-15(14)17(20)19-7-5-12-3-2-4-13(9-12)18(21)22/h2-4,6,8-9,14-15H,5,7,10H2,1H3,(H,19,20)(H,21,22). The third kappa shape index (κ3) is 3.62. The first-order valence-electron chi connectivity index (χ1n) is 7.70. The van der Waals surface area contributed by atoms with Gasteiger partial charge in [-0.1, -0.05) is 12.1 Å².